The van der Waals surface area contributed by atoms with Crippen LogP contribution in [0.1, 0.15) is 31.2 Å². The molecule has 2 atom stereocenters. The van der Waals surface area contributed by atoms with Crippen molar-refractivity contribution in [1.82, 2.24) is 4.90 Å². The summed E-state index contributed by atoms with van der Waals surface area (Å²) in [5.41, 5.74) is 6.95. The molecule has 110 valence electrons. The second-order valence-electron chi connectivity index (χ2n) is 5.59. The molecule has 0 aromatic heterocycles. The summed E-state index contributed by atoms with van der Waals surface area (Å²) in [6.45, 7) is 0.515. The highest BCUT2D eigenvalue weighted by molar-refractivity contribution is 6.34. The molecule has 3 nitrogen and oxygen atoms in total. The average molecular weight is 315 g/mol. The van der Waals surface area contributed by atoms with Crippen LogP contribution in [0.5, 0.6) is 0 Å². The fourth-order valence-electron chi connectivity index (χ4n) is 2.76. The zero-order chi connectivity index (χ0) is 14.7. The fraction of sp³-hybridized carbons (Fsp3) is 0.533. The molecule has 0 spiro atoms. The monoisotopic (exact) mass is 314 g/mol. The minimum absolute atomic E-state index is 0.128. The second-order valence-corrected chi connectivity index (χ2v) is 6.46. The topological polar surface area (TPSA) is 46.3 Å². The van der Waals surface area contributed by atoms with Crippen LogP contribution in [0.15, 0.2) is 18.2 Å². The largest absolute Gasteiger partial charge is 0.341 e. The predicted molar refractivity (Wildman–Crippen MR) is 82.9 cm³/mol. The molecule has 1 aromatic carbocycles. The van der Waals surface area contributed by atoms with E-state index in [1.165, 1.54) is 0 Å². The molecule has 1 fully saturated rings. The summed E-state index contributed by atoms with van der Waals surface area (Å²) in [5.74, 6) is 0.455. The van der Waals surface area contributed by atoms with Gasteiger partial charge < -0.3 is 10.6 Å². The third-order valence-corrected chi connectivity index (χ3v) is 4.36. The maximum absolute atomic E-state index is 12.2. The SMILES string of the molecule is CN(Cc1cc(Cl)cc(Cl)c1)C(=O)C[C@@H]1CCC[C@H]1N. The van der Waals surface area contributed by atoms with Gasteiger partial charge in [0.2, 0.25) is 5.91 Å². The van der Waals surface area contributed by atoms with E-state index < -0.39 is 0 Å². The Kier molecular flexibility index (Phi) is 5.30. The van der Waals surface area contributed by atoms with E-state index >= 15 is 0 Å². The number of rotatable bonds is 4. The first-order valence-electron chi connectivity index (χ1n) is 6.90. The van der Waals surface area contributed by atoms with E-state index in [0.29, 0.717) is 28.9 Å². The number of halogens is 2. The van der Waals surface area contributed by atoms with Crippen molar-refractivity contribution in [3.05, 3.63) is 33.8 Å². The van der Waals surface area contributed by atoms with Gasteiger partial charge in [-0.2, -0.15) is 0 Å². The third-order valence-electron chi connectivity index (χ3n) is 3.92. The molecule has 0 bridgehead atoms. The molecule has 0 aliphatic heterocycles. The van der Waals surface area contributed by atoms with Gasteiger partial charge >= 0.3 is 0 Å². The lowest BCUT2D eigenvalue weighted by Crippen LogP contribution is -2.32. The van der Waals surface area contributed by atoms with Crippen LogP contribution in [0.25, 0.3) is 0 Å². The number of nitrogens with zero attached hydrogens (tertiary/aromatic N) is 1. The maximum Gasteiger partial charge on any atom is 0.222 e. The van der Waals surface area contributed by atoms with E-state index in [1.807, 2.05) is 12.1 Å². The lowest BCUT2D eigenvalue weighted by Gasteiger charge is -2.21. The van der Waals surface area contributed by atoms with Crippen LogP contribution < -0.4 is 5.73 Å². The standard InChI is InChI=1S/C15H20Cl2N2O/c1-19(9-10-5-12(16)8-13(17)6-10)15(20)7-11-3-2-4-14(11)18/h5-6,8,11,14H,2-4,7,9,18H2,1H3/t11-,14+/m0/s1. The maximum atomic E-state index is 12.2. The van der Waals surface area contributed by atoms with Gasteiger partial charge in [-0.25, -0.2) is 0 Å². The zero-order valence-electron chi connectivity index (χ0n) is 11.6. The zero-order valence-corrected chi connectivity index (χ0v) is 13.1. The van der Waals surface area contributed by atoms with Crippen molar-refractivity contribution >= 4 is 29.1 Å². The van der Waals surface area contributed by atoms with Crippen molar-refractivity contribution in [1.29, 1.82) is 0 Å². The lowest BCUT2D eigenvalue weighted by atomic mass is 9.99. The summed E-state index contributed by atoms with van der Waals surface area (Å²) in [6.07, 6.45) is 3.76. The van der Waals surface area contributed by atoms with E-state index in [2.05, 4.69) is 0 Å². The first-order chi connectivity index (χ1) is 9.45. The Morgan fingerprint density at radius 3 is 2.50 bits per heavy atom. The van der Waals surface area contributed by atoms with E-state index in [4.69, 9.17) is 28.9 Å². The number of carbonyl (C=O) groups is 1. The third kappa shape index (κ3) is 4.11. The van der Waals surface area contributed by atoms with Crippen LogP contribution >= 0.6 is 23.2 Å². The smallest absolute Gasteiger partial charge is 0.222 e. The first-order valence-corrected chi connectivity index (χ1v) is 7.66. The average Bonchev–Trinajstić information content (AvgIpc) is 2.73. The molecule has 1 saturated carbocycles. The van der Waals surface area contributed by atoms with Crippen LogP contribution in [-0.4, -0.2) is 23.9 Å². The Labute approximate surface area is 130 Å². The van der Waals surface area contributed by atoms with Crippen LogP contribution in [0, 0.1) is 5.92 Å². The Hall–Kier alpha value is -0.770. The summed E-state index contributed by atoms with van der Waals surface area (Å²) in [5, 5.41) is 1.18. The molecule has 2 rings (SSSR count). The number of benzene rings is 1. The quantitative estimate of drug-likeness (QED) is 0.925. The van der Waals surface area contributed by atoms with Gasteiger partial charge in [0.05, 0.1) is 0 Å². The van der Waals surface area contributed by atoms with Crippen LogP contribution in [0.3, 0.4) is 0 Å². The van der Waals surface area contributed by atoms with Crippen molar-refractivity contribution in [3.63, 3.8) is 0 Å². The highest BCUT2D eigenvalue weighted by Crippen LogP contribution is 2.27. The normalized spacial score (nSPS) is 22.0. The highest BCUT2D eigenvalue weighted by Gasteiger charge is 2.27. The van der Waals surface area contributed by atoms with Crippen molar-refractivity contribution < 1.29 is 4.79 Å². The van der Waals surface area contributed by atoms with Gasteiger partial charge in [0.15, 0.2) is 0 Å². The van der Waals surface area contributed by atoms with Gasteiger partial charge in [-0.3, -0.25) is 4.79 Å². The molecule has 1 amide bonds. The molecule has 1 aliphatic carbocycles. The van der Waals surface area contributed by atoms with Crippen molar-refractivity contribution in [2.75, 3.05) is 7.05 Å². The molecule has 0 unspecified atom stereocenters. The number of hydrogen-bond donors (Lipinski definition) is 1. The van der Waals surface area contributed by atoms with Gasteiger partial charge in [0.1, 0.15) is 0 Å². The predicted octanol–water partition coefficient (Wildman–Crippen LogP) is 3.47. The van der Waals surface area contributed by atoms with Crippen LogP contribution in [0.4, 0.5) is 0 Å². The van der Waals surface area contributed by atoms with Crippen LogP contribution in [-0.2, 0) is 11.3 Å². The van der Waals surface area contributed by atoms with Gasteiger partial charge in [0.25, 0.3) is 0 Å². The van der Waals surface area contributed by atoms with Crippen molar-refractivity contribution in [2.24, 2.45) is 11.7 Å². The highest BCUT2D eigenvalue weighted by atomic mass is 35.5. The van der Waals surface area contributed by atoms with E-state index in [-0.39, 0.29) is 11.9 Å². The Bertz CT molecular complexity index is 473. The number of nitrogens with two attached hydrogens (primary N) is 1. The molecule has 1 aliphatic rings. The van der Waals surface area contributed by atoms with Crippen molar-refractivity contribution in [3.8, 4) is 0 Å². The fourth-order valence-corrected chi connectivity index (χ4v) is 3.33. The van der Waals surface area contributed by atoms with E-state index in [0.717, 1.165) is 24.8 Å². The van der Waals surface area contributed by atoms with Gasteiger partial charge in [-0.15, -0.1) is 0 Å². The number of carbonyl (C=O) groups excluding carboxylic acids is 1. The number of amides is 1. The molecular weight excluding hydrogens is 295 g/mol. The molecule has 0 radical (unpaired) electrons. The molecule has 2 N–H and O–H groups in total. The minimum Gasteiger partial charge on any atom is -0.341 e. The first kappa shape index (κ1) is 15.6. The summed E-state index contributed by atoms with van der Waals surface area (Å²) in [6, 6.07) is 5.52. The minimum atomic E-state index is 0.128. The molecule has 0 saturated heterocycles. The number of hydrogen-bond acceptors (Lipinski definition) is 2. The van der Waals surface area contributed by atoms with E-state index in [9.17, 15) is 4.79 Å². The molecular formula is C15H20Cl2N2O. The van der Waals surface area contributed by atoms with Gasteiger partial charge in [-0.05, 0) is 42.5 Å². The Morgan fingerprint density at radius 1 is 1.30 bits per heavy atom. The van der Waals surface area contributed by atoms with Crippen LogP contribution in [0.2, 0.25) is 10.0 Å². The summed E-state index contributed by atoms with van der Waals surface area (Å²) < 4.78 is 0. The lowest BCUT2D eigenvalue weighted by molar-refractivity contribution is -0.131. The Balaban J connectivity index is 1.93. The summed E-state index contributed by atoms with van der Waals surface area (Å²) in [7, 11) is 1.80. The summed E-state index contributed by atoms with van der Waals surface area (Å²) >= 11 is 11.9. The Morgan fingerprint density at radius 2 is 1.95 bits per heavy atom. The van der Waals surface area contributed by atoms with E-state index in [1.54, 1.807) is 18.0 Å². The van der Waals surface area contributed by atoms with Gasteiger partial charge in [0, 0.05) is 36.1 Å². The molecule has 1 aromatic rings. The molecule has 20 heavy (non-hydrogen) atoms. The summed E-state index contributed by atoms with van der Waals surface area (Å²) in [4.78, 5) is 13.9. The molecule has 0 heterocycles. The van der Waals surface area contributed by atoms with Gasteiger partial charge in [-0.1, -0.05) is 29.6 Å². The molecule has 5 heteroatoms. The second kappa shape index (κ2) is 6.79. The van der Waals surface area contributed by atoms with Crippen molar-refractivity contribution in [2.45, 2.75) is 38.3 Å².